The second-order valence-corrected chi connectivity index (χ2v) is 5.69. The molecule has 2 heterocycles. The molecule has 1 saturated heterocycles. The van der Waals surface area contributed by atoms with Gasteiger partial charge in [0.05, 0.1) is 17.4 Å². The highest BCUT2D eigenvalue weighted by Gasteiger charge is 2.13. The number of amides is 1. The van der Waals surface area contributed by atoms with Crippen molar-refractivity contribution in [2.45, 2.75) is 25.8 Å². The zero-order chi connectivity index (χ0) is 14.5. The van der Waals surface area contributed by atoms with Gasteiger partial charge < -0.3 is 15.2 Å². The quantitative estimate of drug-likeness (QED) is 0.862. The molecule has 128 valence electrons. The molecule has 0 bridgehead atoms. The van der Waals surface area contributed by atoms with Gasteiger partial charge in [-0.05, 0) is 44.0 Å². The van der Waals surface area contributed by atoms with Crippen molar-refractivity contribution in [3.05, 3.63) is 30.6 Å². The molecule has 1 aromatic carbocycles. The van der Waals surface area contributed by atoms with Crippen molar-refractivity contribution >= 4 is 41.8 Å². The highest BCUT2D eigenvalue weighted by atomic mass is 35.5. The Morgan fingerprint density at radius 3 is 2.96 bits per heavy atom. The van der Waals surface area contributed by atoms with Crippen molar-refractivity contribution in [2.24, 2.45) is 5.92 Å². The van der Waals surface area contributed by atoms with E-state index >= 15 is 0 Å². The maximum atomic E-state index is 12.0. The third kappa shape index (κ3) is 5.37. The summed E-state index contributed by atoms with van der Waals surface area (Å²) >= 11 is 0. The van der Waals surface area contributed by atoms with Crippen LogP contribution in [-0.2, 0) is 11.3 Å². The van der Waals surface area contributed by atoms with Crippen molar-refractivity contribution in [1.29, 1.82) is 0 Å². The Kier molecular flexibility index (Phi) is 8.37. The topological polar surface area (TPSA) is 59.0 Å². The van der Waals surface area contributed by atoms with Gasteiger partial charge in [0.2, 0.25) is 5.91 Å². The third-order valence-electron chi connectivity index (χ3n) is 4.09. The zero-order valence-electron chi connectivity index (χ0n) is 13.0. The molecule has 23 heavy (non-hydrogen) atoms. The maximum Gasteiger partial charge on any atom is 0.221 e. The first-order valence-electron chi connectivity index (χ1n) is 7.70. The van der Waals surface area contributed by atoms with Gasteiger partial charge in [-0.3, -0.25) is 4.79 Å². The number of halogens is 2. The number of para-hydroxylation sites is 2. The summed E-state index contributed by atoms with van der Waals surface area (Å²) in [5.74, 6) is 0.704. The van der Waals surface area contributed by atoms with Crippen LogP contribution in [0.2, 0.25) is 0 Å². The number of imidazole rings is 1. The number of aryl methyl sites for hydroxylation is 1. The van der Waals surface area contributed by atoms with E-state index in [9.17, 15) is 4.79 Å². The lowest BCUT2D eigenvalue weighted by atomic mass is 10.00. The number of piperidine rings is 1. The Bertz CT molecular complexity index is 611. The molecule has 1 atom stereocenters. The predicted octanol–water partition coefficient (Wildman–Crippen LogP) is 2.39. The number of carbonyl (C=O) groups is 1. The predicted molar refractivity (Wildman–Crippen MR) is 97.4 cm³/mol. The smallest absolute Gasteiger partial charge is 0.221 e. The largest absolute Gasteiger partial charge is 0.356 e. The number of carbonyl (C=O) groups excluding carboxylic acids is 1. The summed E-state index contributed by atoms with van der Waals surface area (Å²) in [6, 6.07) is 8.00. The molecule has 1 aliphatic heterocycles. The van der Waals surface area contributed by atoms with Crippen LogP contribution in [0.15, 0.2) is 30.6 Å². The highest BCUT2D eigenvalue weighted by molar-refractivity contribution is 5.85. The summed E-state index contributed by atoms with van der Waals surface area (Å²) in [5.41, 5.74) is 2.06. The molecule has 7 heteroatoms. The first kappa shape index (κ1) is 19.7. The van der Waals surface area contributed by atoms with Crippen LogP contribution in [0.4, 0.5) is 0 Å². The van der Waals surface area contributed by atoms with Gasteiger partial charge in [0.1, 0.15) is 0 Å². The first-order chi connectivity index (χ1) is 10.3. The van der Waals surface area contributed by atoms with E-state index < -0.39 is 0 Å². The van der Waals surface area contributed by atoms with Gasteiger partial charge in [-0.1, -0.05) is 12.1 Å². The van der Waals surface area contributed by atoms with E-state index in [0.29, 0.717) is 18.9 Å². The summed E-state index contributed by atoms with van der Waals surface area (Å²) < 4.78 is 2.04. The van der Waals surface area contributed by atoms with Gasteiger partial charge in [0.15, 0.2) is 0 Å². The number of benzene rings is 1. The number of aromatic nitrogens is 2. The van der Waals surface area contributed by atoms with E-state index in [1.54, 1.807) is 0 Å². The fourth-order valence-corrected chi connectivity index (χ4v) is 2.86. The number of nitrogens with zero attached hydrogens (tertiary/aromatic N) is 2. The molecule has 2 aromatic rings. The van der Waals surface area contributed by atoms with Crippen molar-refractivity contribution in [1.82, 2.24) is 20.2 Å². The van der Waals surface area contributed by atoms with Gasteiger partial charge in [-0.15, -0.1) is 24.8 Å². The molecule has 1 aromatic heterocycles. The van der Waals surface area contributed by atoms with Crippen molar-refractivity contribution in [3.63, 3.8) is 0 Å². The molecular weight excluding hydrogens is 335 g/mol. The molecule has 1 unspecified atom stereocenters. The van der Waals surface area contributed by atoms with Crippen LogP contribution in [0.1, 0.15) is 19.3 Å². The maximum absolute atomic E-state index is 12.0. The molecule has 0 spiro atoms. The van der Waals surface area contributed by atoms with Crippen LogP contribution in [-0.4, -0.2) is 35.1 Å². The summed E-state index contributed by atoms with van der Waals surface area (Å²) in [4.78, 5) is 16.3. The lowest BCUT2D eigenvalue weighted by molar-refractivity contribution is -0.121. The van der Waals surface area contributed by atoms with E-state index in [4.69, 9.17) is 0 Å². The summed E-state index contributed by atoms with van der Waals surface area (Å²) in [7, 11) is 0. The second-order valence-electron chi connectivity index (χ2n) is 5.69. The van der Waals surface area contributed by atoms with E-state index in [0.717, 1.165) is 30.7 Å². The molecule has 1 aliphatic rings. The number of rotatable bonds is 5. The average molecular weight is 359 g/mol. The van der Waals surface area contributed by atoms with Gasteiger partial charge in [-0.25, -0.2) is 4.98 Å². The SMILES string of the molecule is Cl.Cl.O=C(CCn1cnc2ccccc21)NCC1CCCNC1. The number of nitrogens with one attached hydrogen (secondary N) is 2. The molecule has 2 N–H and O–H groups in total. The van der Waals surface area contributed by atoms with Gasteiger partial charge >= 0.3 is 0 Å². The van der Waals surface area contributed by atoms with E-state index in [-0.39, 0.29) is 30.7 Å². The standard InChI is InChI=1S/C16H22N4O.2ClH/c21-16(18-11-13-4-3-8-17-10-13)7-9-20-12-19-14-5-1-2-6-15(14)20;;/h1-2,5-6,12-13,17H,3-4,7-11H2,(H,18,21);2*1H. The Balaban J connectivity index is 0.00000132. The molecule has 0 radical (unpaired) electrons. The van der Waals surface area contributed by atoms with Crippen LogP contribution in [0, 0.1) is 5.92 Å². The molecular formula is C16H24Cl2N4O. The minimum absolute atomic E-state index is 0. The van der Waals surface area contributed by atoms with Crippen LogP contribution >= 0.6 is 24.8 Å². The first-order valence-corrected chi connectivity index (χ1v) is 7.70. The molecule has 3 rings (SSSR count). The number of hydrogen-bond acceptors (Lipinski definition) is 3. The molecule has 5 nitrogen and oxygen atoms in total. The van der Waals surface area contributed by atoms with E-state index in [2.05, 4.69) is 15.6 Å². The monoisotopic (exact) mass is 358 g/mol. The van der Waals surface area contributed by atoms with Crippen molar-refractivity contribution in [3.8, 4) is 0 Å². The average Bonchev–Trinajstić information content (AvgIpc) is 2.95. The van der Waals surface area contributed by atoms with E-state index in [1.807, 2.05) is 35.2 Å². The molecule has 0 saturated carbocycles. The fraction of sp³-hybridized carbons (Fsp3) is 0.500. The van der Waals surface area contributed by atoms with Crippen LogP contribution in [0.3, 0.4) is 0 Å². The lowest BCUT2D eigenvalue weighted by Gasteiger charge is -2.22. The third-order valence-corrected chi connectivity index (χ3v) is 4.09. The number of fused-ring (bicyclic) bond motifs is 1. The minimum Gasteiger partial charge on any atom is -0.356 e. The van der Waals surface area contributed by atoms with Crippen molar-refractivity contribution in [2.75, 3.05) is 19.6 Å². The summed E-state index contributed by atoms with van der Waals surface area (Å²) in [6.45, 7) is 3.59. The molecule has 0 aliphatic carbocycles. The zero-order valence-corrected chi connectivity index (χ0v) is 14.7. The normalized spacial score (nSPS) is 17.1. The molecule has 1 amide bonds. The van der Waals surface area contributed by atoms with Gasteiger partial charge in [0, 0.05) is 19.5 Å². The Labute approximate surface area is 149 Å². The summed E-state index contributed by atoms with van der Waals surface area (Å²) in [5, 5.41) is 6.42. The lowest BCUT2D eigenvalue weighted by Crippen LogP contribution is -2.38. The van der Waals surface area contributed by atoms with Crippen molar-refractivity contribution < 1.29 is 4.79 Å². The molecule has 1 fully saturated rings. The summed E-state index contributed by atoms with van der Waals surface area (Å²) in [6.07, 6.45) is 4.73. The van der Waals surface area contributed by atoms with E-state index in [1.165, 1.54) is 12.8 Å². The van der Waals surface area contributed by atoms with Gasteiger partial charge in [0.25, 0.3) is 0 Å². The highest BCUT2D eigenvalue weighted by Crippen LogP contribution is 2.12. The Morgan fingerprint density at radius 1 is 1.35 bits per heavy atom. The van der Waals surface area contributed by atoms with Crippen LogP contribution < -0.4 is 10.6 Å². The van der Waals surface area contributed by atoms with Crippen LogP contribution in [0.5, 0.6) is 0 Å². The minimum atomic E-state index is 0. The van der Waals surface area contributed by atoms with Crippen LogP contribution in [0.25, 0.3) is 11.0 Å². The fourth-order valence-electron chi connectivity index (χ4n) is 2.86. The Hall–Kier alpha value is -1.30. The second kappa shape index (κ2) is 9.75. The Morgan fingerprint density at radius 2 is 2.17 bits per heavy atom. The van der Waals surface area contributed by atoms with Gasteiger partial charge in [-0.2, -0.15) is 0 Å². The number of hydrogen-bond donors (Lipinski definition) is 2.